The third-order valence-corrected chi connectivity index (χ3v) is 5.33. The minimum atomic E-state index is -4.38. The lowest BCUT2D eigenvalue weighted by Crippen LogP contribution is -2.45. The van der Waals surface area contributed by atoms with Crippen LogP contribution in [-0.2, 0) is 11.3 Å². The number of pyridine rings is 2. The number of nitrogens with zero attached hydrogens (tertiary/aromatic N) is 5. The van der Waals surface area contributed by atoms with Crippen LogP contribution in [0.15, 0.2) is 42.9 Å². The number of alkyl halides is 3. The molecule has 180 valence electrons. The summed E-state index contributed by atoms with van der Waals surface area (Å²) in [5.74, 6) is 0.301. The minimum absolute atomic E-state index is 0.0670. The molecule has 0 saturated carbocycles. The molecule has 0 spiro atoms. The lowest BCUT2D eigenvalue weighted by atomic mass is 10.2. The molecule has 1 saturated heterocycles. The summed E-state index contributed by atoms with van der Waals surface area (Å²) in [6.07, 6.45) is 0.00112. The SMILES string of the molecule is Cc1cnc(N2C[C@@H](C)O[C@@H](C)C2)cc1NC(=O)c1cccc(-c2cnn(CC(F)(F)F)c2)n1. The Kier molecular flexibility index (Phi) is 6.56. The van der Waals surface area contributed by atoms with E-state index in [9.17, 15) is 18.0 Å². The van der Waals surface area contributed by atoms with Gasteiger partial charge >= 0.3 is 6.18 Å². The van der Waals surface area contributed by atoms with E-state index in [2.05, 4.69) is 25.3 Å². The first kappa shape index (κ1) is 23.7. The van der Waals surface area contributed by atoms with Crippen molar-refractivity contribution in [1.29, 1.82) is 0 Å². The molecular formula is C23H25F3N6O2. The Hall–Kier alpha value is -3.47. The van der Waals surface area contributed by atoms with Gasteiger partial charge in [-0.2, -0.15) is 18.3 Å². The lowest BCUT2D eigenvalue weighted by Gasteiger charge is -2.36. The summed E-state index contributed by atoms with van der Waals surface area (Å²) in [4.78, 5) is 23.9. The Labute approximate surface area is 194 Å². The van der Waals surface area contributed by atoms with Crippen molar-refractivity contribution >= 4 is 17.4 Å². The highest BCUT2D eigenvalue weighted by Crippen LogP contribution is 2.25. The predicted octanol–water partition coefficient (Wildman–Crippen LogP) is 4.08. The van der Waals surface area contributed by atoms with Crippen LogP contribution in [0.5, 0.6) is 0 Å². The average Bonchev–Trinajstić information content (AvgIpc) is 3.21. The highest BCUT2D eigenvalue weighted by Gasteiger charge is 2.28. The van der Waals surface area contributed by atoms with Gasteiger partial charge in [-0.1, -0.05) is 6.07 Å². The van der Waals surface area contributed by atoms with Gasteiger partial charge in [0.2, 0.25) is 0 Å². The summed E-state index contributed by atoms with van der Waals surface area (Å²) in [7, 11) is 0. The summed E-state index contributed by atoms with van der Waals surface area (Å²) >= 11 is 0. The maximum atomic E-state index is 12.9. The molecule has 11 heteroatoms. The first-order valence-corrected chi connectivity index (χ1v) is 10.8. The number of carbonyl (C=O) groups excluding carboxylic acids is 1. The predicted molar refractivity (Wildman–Crippen MR) is 121 cm³/mol. The Morgan fingerprint density at radius 2 is 1.94 bits per heavy atom. The number of amides is 1. The molecular weight excluding hydrogens is 449 g/mol. The molecule has 0 unspecified atom stereocenters. The molecule has 0 aromatic carbocycles. The van der Waals surface area contributed by atoms with Crippen molar-refractivity contribution in [2.45, 2.75) is 45.7 Å². The van der Waals surface area contributed by atoms with E-state index in [1.54, 1.807) is 24.4 Å². The van der Waals surface area contributed by atoms with Crippen LogP contribution in [-0.4, -0.2) is 57.1 Å². The quantitative estimate of drug-likeness (QED) is 0.600. The van der Waals surface area contributed by atoms with E-state index in [1.807, 2.05) is 26.8 Å². The summed E-state index contributed by atoms with van der Waals surface area (Å²) in [6.45, 7) is 6.04. The van der Waals surface area contributed by atoms with Gasteiger partial charge < -0.3 is 15.0 Å². The van der Waals surface area contributed by atoms with Crippen molar-refractivity contribution in [3.63, 3.8) is 0 Å². The number of aryl methyl sites for hydroxylation is 1. The Morgan fingerprint density at radius 1 is 1.21 bits per heavy atom. The van der Waals surface area contributed by atoms with E-state index in [-0.39, 0.29) is 17.9 Å². The standard InChI is InChI=1S/C23H25F3N6O2/c1-14-8-27-21(31-10-15(2)34-16(3)11-31)7-20(14)30-22(33)19-6-4-5-18(29-19)17-9-28-32(12-17)13-23(24,25)26/h4-9,12,15-16H,10-11,13H2,1-3H3,(H,27,30,33)/t15-,16+. The maximum Gasteiger partial charge on any atom is 0.408 e. The zero-order chi connectivity index (χ0) is 24.5. The number of hydrogen-bond donors (Lipinski definition) is 1. The molecule has 1 aliphatic rings. The Bertz CT molecular complexity index is 1170. The minimum Gasteiger partial charge on any atom is -0.372 e. The summed E-state index contributed by atoms with van der Waals surface area (Å²) in [5.41, 5.74) is 2.26. The first-order valence-electron chi connectivity index (χ1n) is 10.8. The second kappa shape index (κ2) is 9.41. The molecule has 1 fully saturated rings. The van der Waals surface area contributed by atoms with Gasteiger partial charge in [-0.15, -0.1) is 0 Å². The van der Waals surface area contributed by atoms with Crippen LogP contribution in [0.2, 0.25) is 0 Å². The van der Waals surface area contributed by atoms with Crippen molar-refractivity contribution in [3.05, 3.63) is 54.1 Å². The molecule has 2 atom stereocenters. The molecule has 8 nitrogen and oxygen atoms in total. The lowest BCUT2D eigenvalue weighted by molar-refractivity contribution is -0.142. The van der Waals surface area contributed by atoms with E-state index < -0.39 is 18.6 Å². The van der Waals surface area contributed by atoms with Crippen molar-refractivity contribution in [2.24, 2.45) is 0 Å². The molecule has 3 aromatic rings. The second-order valence-corrected chi connectivity index (χ2v) is 8.42. The van der Waals surface area contributed by atoms with Gasteiger partial charge in [0.15, 0.2) is 0 Å². The zero-order valence-corrected chi connectivity index (χ0v) is 19.0. The number of ether oxygens (including phenoxy) is 1. The van der Waals surface area contributed by atoms with Crippen LogP contribution >= 0.6 is 0 Å². The number of aromatic nitrogens is 4. The monoisotopic (exact) mass is 474 g/mol. The molecule has 0 radical (unpaired) electrons. The molecule has 0 aliphatic carbocycles. The third kappa shape index (κ3) is 5.71. The normalized spacial score (nSPS) is 18.7. The fourth-order valence-corrected chi connectivity index (χ4v) is 3.86. The molecule has 1 N–H and O–H groups in total. The molecule has 4 heterocycles. The van der Waals surface area contributed by atoms with E-state index in [0.29, 0.717) is 30.0 Å². The average molecular weight is 474 g/mol. The molecule has 1 amide bonds. The van der Waals surface area contributed by atoms with Crippen LogP contribution in [0.3, 0.4) is 0 Å². The van der Waals surface area contributed by atoms with Crippen LogP contribution in [0, 0.1) is 6.92 Å². The summed E-state index contributed by atoms with van der Waals surface area (Å²) in [6, 6.07) is 6.60. The third-order valence-electron chi connectivity index (χ3n) is 5.33. The van der Waals surface area contributed by atoms with Crippen molar-refractivity contribution in [3.8, 4) is 11.3 Å². The van der Waals surface area contributed by atoms with Gasteiger partial charge in [-0.05, 0) is 38.5 Å². The van der Waals surface area contributed by atoms with Gasteiger partial charge in [0.1, 0.15) is 18.1 Å². The maximum absolute atomic E-state index is 12.9. The largest absolute Gasteiger partial charge is 0.408 e. The molecule has 4 rings (SSSR count). The van der Waals surface area contributed by atoms with Crippen LogP contribution < -0.4 is 10.2 Å². The second-order valence-electron chi connectivity index (χ2n) is 8.42. The van der Waals surface area contributed by atoms with Gasteiger partial charge in [0.05, 0.1) is 24.1 Å². The van der Waals surface area contributed by atoms with Gasteiger partial charge in [0, 0.05) is 42.8 Å². The number of anilines is 2. The smallest absolute Gasteiger partial charge is 0.372 e. The van der Waals surface area contributed by atoms with Crippen LogP contribution in [0.1, 0.15) is 29.9 Å². The van der Waals surface area contributed by atoms with Gasteiger partial charge in [-0.25, -0.2) is 9.97 Å². The molecule has 0 bridgehead atoms. The Morgan fingerprint density at radius 3 is 2.65 bits per heavy atom. The van der Waals surface area contributed by atoms with Gasteiger partial charge in [-0.3, -0.25) is 9.48 Å². The first-order chi connectivity index (χ1) is 16.1. The summed E-state index contributed by atoms with van der Waals surface area (Å²) < 4.78 is 44.4. The van der Waals surface area contributed by atoms with E-state index in [4.69, 9.17) is 4.74 Å². The van der Waals surface area contributed by atoms with Gasteiger partial charge in [0.25, 0.3) is 5.91 Å². The number of carbonyl (C=O) groups is 1. The number of hydrogen-bond acceptors (Lipinski definition) is 6. The number of nitrogens with one attached hydrogen (secondary N) is 1. The highest BCUT2D eigenvalue weighted by molar-refractivity contribution is 6.03. The number of morpholine rings is 1. The van der Waals surface area contributed by atoms with E-state index in [1.165, 1.54) is 12.4 Å². The molecule has 3 aromatic heterocycles. The Balaban J connectivity index is 1.51. The summed E-state index contributed by atoms with van der Waals surface area (Å²) in [5, 5.41) is 6.61. The van der Waals surface area contributed by atoms with Crippen molar-refractivity contribution < 1.29 is 22.7 Å². The number of halogens is 3. The number of rotatable bonds is 5. The molecule has 1 aliphatic heterocycles. The topological polar surface area (TPSA) is 85.2 Å². The van der Waals surface area contributed by atoms with Crippen molar-refractivity contribution in [1.82, 2.24) is 19.7 Å². The fraction of sp³-hybridized carbons (Fsp3) is 0.391. The fourth-order valence-electron chi connectivity index (χ4n) is 3.86. The van der Waals surface area contributed by atoms with Crippen LogP contribution in [0.4, 0.5) is 24.7 Å². The zero-order valence-electron chi connectivity index (χ0n) is 19.0. The molecule has 34 heavy (non-hydrogen) atoms. The highest BCUT2D eigenvalue weighted by atomic mass is 19.4. The van der Waals surface area contributed by atoms with Crippen molar-refractivity contribution in [2.75, 3.05) is 23.3 Å². The van der Waals surface area contributed by atoms with E-state index >= 15 is 0 Å². The van der Waals surface area contributed by atoms with E-state index in [0.717, 1.165) is 16.1 Å². The van der Waals surface area contributed by atoms with Crippen LogP contribution in [0.25, 0.3) is 11.3 Å².